The molecule has 3 heteroatoms. The number of hydrogen-bond acceptors (Lipinski definition) is 2. The molecule has 0 aliphatic carbocycles. The summed E-state index contributed by atoms with van der Waals surface area (Å²) in [6.45, 7) is 9.35. The maximum atomic E-state index is 3.64. The summed E-state index contributed by atoms with van der Waals surface area (Å²) < 4.78 is 1.16. The Bertz CT molecular complexity index is 404. The third-order valence-corrected chi connectivity index (χ3v) is 5.17. The Morgan fingerprint density at radius 2 is 2.05 bits per heavy atom. The van der Waals surface area contributed by atoms with Crippen molar-refractivity contribution >= 4 is 15.9 Å². The molecule has 118 valence electrons. The van der Waals surface area contributed by atoms with Gasteiger partial charge in [0, 0.05) is 17.1 Å². The highest BCUT2D eigenvalue weighted by atomic mass is 79.9. The second-order valence-corrected chi connectivity index (χ2v) is 7.08. The lowest BCUT2D eigenvalue weighted by Crippen LogP contribution is -2.37. The van der Waals surface area contributed by atoms with Gasteiger partial charge in [-0.1, -0.05) is 48.3 Å². The molecule has 1 aliphatic heterocycles. The molecular weight excluding hydrogens is 324 g/mol. The van der Waals surface area contributed by atoms with Crippen LogP contribution in [0.1, 0.15) is 51.1 Å². The Morgan fingerprint density at radius 3 is 2.71 bits per heavy atom. The average molecular weight is 353 g/mol. The third kappa shape index (κ3) is 5.39. The van der Waals surface area contributed by atoms with Gasteiger partial charge in [0.1, 0.15) is 0 Å². The standard InChI is InChI=1S/C18H29BrN2/c1-3-15-6-5-12-21(14-15)13-11-18(20-4-2)16-7-9-17(19)10-8-16/h7-10,15,18,20H,3-6,11-14H2,1-2H3. The minimum absolute atomic E-state index is 0.477. The van der Waals surface area contributed by atoms with Gasteiger partial charge in [-0.15, -0.1) is 0 Å². The van der Waals surface area contributed by atoms with Crippen molar-refractivity contribution in [2.45, 2.75) is 45.6 Å². The largest absolute Gasteiger partial charge is 0.310 e. The Labute approximate surface area is 138 Å². The maximum Gasteiger partial charge on any atom is 0.0332 e. The van der Waals surface area contributed by atoms with E-state index in [1.807, 2.05) is 0 Å². The zero-order valence-electron chi connectivity index (χ0n) is 13.4. The quantitative estimate of drug-likeness (QED) is 0.770. The first-order valence-electron chi connectivity index (χ1n) is 8.44. The molecule has 2 unspecified atom stereocenters. The van der Waals surface area contributed by atoms with E-state index in [0.717, 1.165) is 16.9 Å². The fraction of sp³-hybridized carbons (Fsp3) is 0.667. The lowest BCUT2D eigenvalue weighted by Gasteiger charge is -2.33. The SMILES string of the molecule is CCNC(CCN1CCCC(CC)C1)c1ccc(Br)cc1. The number of nitrogens with one attached hydrogen (secondary N) is 1. The Kier molecular flexibility index (Phi) is 7.21. The molecule has 21 heavy (non-hydrogen) atoms. The van der Waals surface area contributed by atoms with Crippen molar-refractivity contribution in [3.8, 4) is 0 Å². The van der Waals surface area contributed by atoms with Crippen LogP contribution in [0.3, 0.4) is 0 Å². The number of hydrogen-bond donors (Lipinski definition) is 1. The van der Waals surface area contributed by atoms with Gasteiger partial charge in [0.2, 0.25) is 0 Å². The van der Waals surface area contributed by atoms with Crippen molar-refractivity contribution in [1.82, 2.24) is 10.2 Å². The number of benzene rings is 1. The number of likely N-dealkylation sites (tertiary alicyclic amines) is 1. The van der Waals surface area contributed by atoms with E-state index in [0.29, 0.717) is 6.04 Å². The highest BCUT2D eigenvalue weighted by molar-refractivity contribution is 9.10. The van der Waals surface area contributed by atoms with Crippen molar-refractivity contribution in [2.75, 3.05) is 26.2 Å². The van der Waals surface area contributed by atoms with Crippen LogP contribution in [0.2, 0.25) is 0 Å². The molecule has 2 atom stereocenters. The maximum absolute atomic E-state index is 3.64. The van der Waals surface area contributed by atoms with Gasteiger partial charge in [-0.2, -0.15) is 0 Å². The van der Waals surface area contributed by atoms with Crippen LogP contribution in [0, 0.1) is 5.92 Å². The molecule has 1 aromatic carbocycles. The molecule has 2 rings (SSSR count). The molecule has 1 saturated heterocycles. The van der Waals surface area contributed by atoms with E-state index in [2.05, 4.69) is 64.3 Å². The fourth-order valence-corrected chi connectivity index (χ4v) is 3.59. The molecule has 1 N–H and O–H groups in total. The predicted molar refractivity (Wildman–Crippen MR) is 94.6 cm³/mol. The summed E-state index contributed by atoms with van der Waals surface area (Å²) in [4.78, 5) is 2.67. The number of halogens is 1. The molecule has 1 aliphatic rings. The molecule has 1 fully saturated rings. The molecule has 0 bridgehead atoms. The molecule has 0 radical (unpaired) electrons. The van der Waals surface area contributed by atoms with Crippen LogP contribution < -0.4 is 5.32 Å². The molecule has 2 nitrogen and oxygen atoms in total. The Balaban J connectivity index is 1.89. The summed E-state index contributed by atoms with van der Waals surface area (Å²) in [7, 11) is 0. The molecule has 0 spiro atoms. The second-order valence-electron chi connectivity index (χ2n) is 6.17. The van der Waals surface area contributed by atoms with Gasteiger partial charge in [-0.3, -0.25) is 0 Å². The Morgan fingerprint density at radius 1 is 1.29 bits per heavy atom. The fourth-order valence-electron chi connectivity index (χ4n) is 3.33. The monoisotopic (exact) mass is 352 g/mol. The summed E-state index contributed by atoms with van der Waals surface area (Å²) in [5.41, 5.74) is 1.41. The van der Waals surface area contributed by atoms with E-state index in [4.69, 9.17) is 0 Å². The van der Waals surface area contributed by atoms with Crippen LogP contribution in [0.4, 0.5) is 0 Å². The summed E-state index contributed by atoms with van der Waals surface area (Å²) in [6, 6.07) is 9.25. The van der Waals surface area contributed by atoms with Gasteiger partial charge in [-0.25, -0.2) is 0 Å². The van der Waals surface area contributed by atoms with Gasteiger partial charge in [-0.05, 0) is 62.5 Å². The van der Waals surface area contributed by atoms with E-state index >= 15 is 0 Å². The molecule has 0 aromatic heterocycles. The van der Waals surface area contributed by atoms with Crippen LogP contribution in [0.5, 0.6) is 0 Å². The van der Waals surface area contributed by atoms with Gasteiger partial charge >= 0.3 is 0 Å². The predicted octanol–water partition coefficient (Wildman–Crippen LogP) is 4.61. The first kappa shape index (κ1) is 17.0. The summed E-state index contributed by atoms with van der Waals surface area (Å²) in [5.74, 6) is 0.920. The van der Waals surface area contributed by atoms with Crippen LogP contribution in [-0.4, -0.2) is 31.1 Å². The lowest BCUT2D eigenvalue weighted by atomic mass is 9.95. The summed E-state index contributed by atoms with van der Waals surface area (Å²) >= 11 is 3.52. The lowest BCUT2D eigenvalue weighted by molar-refractivity contribution is 0.165. The minimum atomic E-state index is 0.477. The van der Waals surface area contributed by atoms with Gasteiger partial charge in [0.05, 0.1) is 0 Å². The summed E-state index contributed by atoms with van der Waals surface area (Å²) in [5, 5.41) is 3.64. The van der Waals surface area contributed by atoms with E-state index in [-0.39, 0.29) is 0 Å². The highest BCUT2D eigenvalue weighted by Gasteiger charge is 2.19. The first-order valence-corrected chi connectivity index (χ1v) is 9.23. The smallest absolute Gasteiger partial charge is 0.0332 e. The Hall–Kier alpha value is -0.380. The number of piperidine rings is 1. The van der Waals surface area contributed by atoms with Crippen LogP contribution in [0.15, 0.2) is 28.7 Å². The minimum Gasteiger partial charge on any atom is -0.310 e. The third-order valence-electron chi connectivity index (χ3n) is 4.64. The van der Waals surface area contributed by atoms with E-state index < -0.39 is 0 Å². The van der Waals surface area contributed by atoms with Crippen LogP contribution in [0.25, 0.3) is 0 Å². The zero-order chi connectivity index (χ0) is 15.1. The molecule has 0 amide bonds. The normalized spacial score (nSPS) is 21.4. The van der Waals surface area contributed by atoms with Crippen molar-refractivity contribution in [3.63, 3.8) is 0 Å². The van der Waals surface area contributed by atoms with Crippen molar-refractivity contribution < 1.29 is 0 Å². The molecule has 1 aromatic rings. The van der Waals surface area contributed by atoms with Crippen molar-refractivity contribution in [3.05, 3.63) is 34.3 Å². The van der Waals surface area contributed by atoms with Crippen LogP contribution in [-0.2, 0) is 0 Å². The molecular formula is C18H29BrN2. The molecule has 0 saturated carbocycles. The number of rotatable bonds is 7. The van der Waals surface area contributed by atoms with Crippen molar-refractivity contribution in [2.24, 2.45) is 5.92 Å². The van der Waals surface area contributed by atoms with E-state index in [1.54, 1.807) is 0 Å². The van der Waals surface area contributed by atoms with Crippen LogP contribution >= 0.6 is 15.9 Å². The van der Waals surface area contributed by atoms with Gasteiger partial charge < -0.3 is 10.2 Å². The van der Waals surface area contributed by atoms with E-state index in [9.17, 15) is 0 Å². The first-order chi connectivity index (χ1) is 10.2. The van der Waals surface area contributed by atoms with E-state index in [1.165, 1.54) is 50.9 Å². The second kappa shape index (κ2) is 8.92. The molecule has 1 heterocycles. The summed E-state index contributed by atoms with van der Waals surface area (Å²) in [6.07, 6.45) is 5.34. The van der Waals surface area contributed by atoms with Gasteiger partial charge in [0.15, 0.2) is 0 Å². The van der Waals surface area contributed by atoms with Crippen molar-refractivity contribution in [1.29, 1.82) is 0 Å². The number of nitrogens with zero attached hydrogens (tertiary/aromatic N) is 1. The zero-order valence-corrected chi connectivity index (χ0v) is 15.0. The average Bonchev–Trinajstić information content (AvgIpc) is 2.52. The topological polar surface area (TPSA) is 15.3 Å². The highest BCUT2D eigenvalue weighted by Crippen LogP contribution is 2.23. The van der Waals surface area contributed by atoms with Gasteiger partial charge in [0.25, 0.3) is 0 Å².